The Kier molecular flexibility index (Phi) is 4.46. The van der Waals surface area contributed by atoms with Crippen molar-refractivity contribution in [1.82, 2.24) is 4.31 Å². The summed E-state index contributed by atoms with van der Waals surface area (Å²) in [7, 11) is -2.19. The minimum Gasteiger partial charge on any atom is -0.389 e. The van der Waals surface area contributed by atoms with Crippen LogP contribution in [0.2, 0.25) is 0 Å². The maximum Gasteiger partial charge on any atom is 0.218 e. The lowest BCUT2D eigenvalue weighted by Crippen LogP contribution is -2.42. The summed E-state index contributed by atoms with van der Waals surface area (Å²) in [6.07, 6.45) is 3.06. The van der Waals surface area contributed by atoms with Gasteiger partial charge in [0, 0.05) is 19.2 Å². The molecule has 1 N–H and O–H groups in total. The van der Waals surface area contributed by atoms with Gasteiger partial charge in [0.2, 0.25) is 10.0 Å². The van der Waals surface area contributed by atoms with Crippen molar-refractivity contribution < 1.29 is 17.9 Å². The van der Waals surface area contributed by atoms with E-state index < -0.39 is 21.4 Å². The highest BCUT2D eigenvalue weighted by molar-refractivity contribution is 7.88. The molecule has 1 fully saturated rings. The molecule has 1 saturated carbocycles. The van der Waals surface area contributed by atoms with Gasteiger partial charge in [-0.05, 0) is 18.9 Å². The lowest BCUT2D eigenvalue weighted by atomic mass is 10.0. The lowest BCUT2D eigenvalue weighted by molar-refractivity contribution is 0.0333. The molecule has 0 heterocycles. The van der Waals surface area contributed by atoms with Gasteiger partial charge in [-0.15, -0.1) is 0 Å². The molecule has 0 saturated heterocycles. The molecule has 0 aliphatic heterocycles. The number of halogens is 1. The van der Waals surface area contributed by atoms with Gasteiger partial charge in [-0.3, -0.25) is 0 Å². The number of hydrogen-bond acceptors (Lipinski definition) is 3. The van der Waals surface area contributed by atoms with Gasteiger partial charge in [-0.25, -0.2) is 17.1 Å². The highest BCUT2D eigenvalue weighted by Crippen LogP contribution is 2.30. The first-order chi connectivity index (χ1) is 9.32. The minimum absolute atomic E-state index is 0.0732. The van der Waals surface area contributed by atoms with Crippen LogP contribution in [0.25, 0.3) is 0 Å². The van der Waals surface area contributed by atoms with E-state index in [0.29, 0.717) is 12.8 Å². The normalized spacial score (nSPS) is 18.6. The van der Waals surface area contributed by atoms with Gasteiger partial charge in [-0.2, -0.15) is 0 Å². The molecule has 6 heteroatoms. The maximum atomic E-state index is 13.5. The van der Waals surface area contributed by atoms with Crippen LogP contribution < -0.4 is 0 Å². The summed E-state index contributed by atoms with van der Waals surface area (Å²) in [5.74, 6) is -0.907. The third-order valence-electron chi connectivity index (χ3n) is 3.82. The molecular formula is C14H20FNO3S. The van der Waals surface area contributed by atoms with Gasteiger partial charge < -0.3 is 5.11 Å². The summed E-state index contributed by atoms with van der Waals surface area (Å²) in [6.45, 7) is 0.0732. The van der Waals surface area contributed by atoms with E-state index >= 15 is 0 Å². The zero-order valence-corrected chi connectivity index (χ0v) is 12.4. The summed E-state index contributed by atoms with van der Waals surface area (Å²) in [4.78, 5) is 0. The average Bonchev–Trinajstić information content (AvgIpc) is 2.78. The van der Waals surface area contributed by atoms with E-state index in [0.717, 1.165) is 17.1 Å². The quantitative estimate of drug-likeness (QED) is 0.903. The molecule has 0 bridgehead atoms. The van der Waals surface area contributed by atoms with Crippen LogP contribution >= 0.6 is 0 Å². The van der Waals surface area contributed by atoms with Crippen molar-refractivity contribution in [3.8, 4) is 0 Å². The Morgan fingerprint density at radius 2 is 1.90 bits per heavy atom. The largest absolute Gasteiger partial charge is 0.389 e. The smallest absolute Gasteiger partial charge is 0.218 e. The highest BCUT2D eigenvalue weighted by atomic mass is 32.2. The van der Waals surface area contributed by atoms with Crippen LogP contribution in [-0.4, -0.2) is 37.0 Å². The Hall–Kier alpha value is -0.980. The van der Waals surface area contributed by atoms with E-state index in [-0.39, 0.29) is 17.9 Å². The fourth-order valence-corrected chi connectivity index (χ4v) is 3.91. The van der Waals surface area contributed by atoms with Gasteiger partial charge in [0.05, 0.1) is 11.4 Å². The summed E-state index contributed by atoms with van der Waals surface area (Å²) < 4.78 is 39.1. The molecule has 20 heavy (non-hydrogen) atoms. The molecule has 1 aliphatic carbocycles. The van der Waals surface area contributed by atoms with Crippen LogP contribution in [0.15, 0.2) is 24.3 Å². The van der Waals surface area contributed by atoms with Crippen molar-refractivity contribution in [1.29, 1.82) is 0 Å². The summed E-state index contributed by atoms with van der Waals surface area (Å²) in [5.41, 5.74) is -0.783. The monoisotopic (exact) mass is 301 g/mol. The minimum atomic E-state index is -3.63. The Morgan fingerprint density at radius 3 is 2.50 bits per heavy atom. The molecule has 0 atom stereocenters. The molecule has 0 spiro atoms. The molecule has 0 aromatic heterocycles. The molecule has 0 radical (unpaired) electrons. The number of likely N-dealkylation sites (N-methyl/N-ethyl adjacent to an activating group) is 1. The van der Waals surface area contributed by atoms with Gasteiger partial charge in [0.1, 0.15) is 5.82 Å². The number of nitrogens with zero attached hydrogens (tertiary/aromatic N) is 1. The maximum absolute atomic E-state index is 13.5. The molecule has 0 unspecified atom stereocenters. The van der Waals surface area contributed by atoms with Crippen LogP contribution in [0, 0.1) is 5.82 Å². The predicted molar refractivity (Wildman–Crippen MR) is 75.1 cm³/mol. The van der Waals surface area contributed by atoms with Gasteiger partial charge in [0.15, 0.2) is 0 Å². The predicted octanol–water partition coefficient (Wildman–Crippen LogP) is 1.89. The van der Waals surface area contributed by atoms with Gasteiger partial charge in [0.25, 0.3) is 0 Å². The average molecular weight is 301 g/mol. The fourth-order valence-electron chi connectivity index (χ4n) is 2.63. The van der Waals surface area contributed by atoms with Crippen LogP contribution in [0.5, 0.6) is 0 Å². The molecule has 0 amide bonds. The molecule has 1 aromatic carbocycles. The molecule has 4 nitrogen and oxygen atoms in total. The Bertz CT molecular complexity index is 568. The molecular weight excluding hydrogens is 281 g/mol. The first-order valence-electron chi connectivity index (χ1n) is 6.72. The second-order valence-electron chi connectivity index (χ2n) is 5.54. The molecule has 112 valence electrons. The van der Waals surface area contributed by atoms with E-state index in [1.807, 2.05) is 0 Å². The summed E-state index contributed by atoms with van der Waals surface area (Å²) >= 11 is 0. The molecule has 1 aromatic rings. The molecule has 2 rings (SSSR count). The van der Waals surface area contributed by atoms with Crippen LogP contribution in [0.4, 0.5) is 4.39 Å². The highest BCUT2D eigenvalue weighted by Gasteiger charge is 2.35. The summed E-state index contributed by atoms with van der Waals surface area (Å²) in [6, 6.07) is 5.84. The van der Waals surface area contributed by atoms with Crippen molar-refractivity contribution in [2.75, 3.05) is 13.6 Å². The van der Waals surface area contributed by atoms with E-state index in [1.54, 1.807) is 6.07 Å². The van der Waals surface area contributed by atoms with Crippen molar-refractivity contribution in [3.63, 3.8) is 0 Å². The summed E-state index contributed by atoms with van der Waals surface area (Å²) in [5, 5.41) is 10.3. The standard InChI is InChI=1S/C14H20FNO3S/c1-16(11-14(17)8-4-5-9-14)20(18,19)10-12-6-2-3-7-13(12)15/h2-3,6-7,17H,4-5,8-11H2,1H3. The number of aliphatic hydroxyl groups is 1. The first-order valence-corrected chi connectivity index (χ1v) is 8.33. The van der Waals surface area contributed by atoms with E-state index in [2.05, 4.69) is 0 Å². The van der Waals surface area contributed by atoms with Crippen LogP contribution in [0.1, 0.15) is 31.2 Å². The number of rotatable bonds is 5. The van der Waals surface area contributed by atoms with E-state index in [1.165, 1.54) is 25.2 Å². The molecule has 1 aliphatic rings. The third kappa shape index (κ3) is 3.56. The Morgan fingerprint density at radius 1 is 1.30 bits per heavy atom. The van der Waals surface area contributed by atoms with Crippen molar-refractivity contribution in [2.24, 2.45) is 0 Å². The van der Waals surface area contributed by atoms with Crippen molar-refractivity contribution >= 4 is 10.0 Å². The van der Waals surface area contributed by atoms with Crippen molar-refractivity contribution in [3.05, 3.63) is 35.6 Å². The van der Waals surface area contributed by atoms with E-state index in [4.69, 9.17) is 0 Å². The zero-order valence-electron chi connectivity index (χ0n) is 11.5. The SMILES string of the molecule is CN(CC1(O)CCCC1)S(=O)(=O)Cc1ccccc1F. The number of benzene rings is 1. The second kappa shape index (κ2) is 5.79. The number of sulfonamides is 1. The Labute approximate surface area is 119 Å². The number of hydrogen-bond donors (Lipinski definition) is 1. The van der Waals surface area contributed by atoms with E-state index in [9.17, 15) is 17.9 Å². The third-order valence-corrected chi connectivity index (χ3v) is 5.58. The zero-order chi connectivity index (χ0) is 14.8. The fraction of sp³-hybridized carbons (Fsp3) is 0.571. The second-order valence-corrected chi connectivity index (χ2v) is 7.61. The van der Waals surface area contributed by atoms with Crippen molar-refractivity contribution in [2.45, 2.75) is 37.0 Å². The van der Waals surface area contributed by atoms with Crippen LogP contribution in [0.3, 0.4) is 0 Å². The Balaban J connectivity index is 2.08. The lowest BCUT2D eigenvalue weighted by Gasteiger charge is -2.28. The van der Waals surface area contributed by atoms with Crippen LogP contribution in [-0.2, 0) is 15.8 Å². The first kappa shape index (κ1) is 15.4. The van der Waals surface area contributed by atoms with Gasteiger partial charge >= 0.3 is 0 Å². The van der Waals surface area contributed by atoms with Gasteiger partial charge in [-0.1, -0.05) is 31.0 Å². The topological polar surface area (TPSA) is 57.6 Å².